The monoisotopic (exact) mass is 287 g/mol. The highest BCUT2D eigenvalue weighted by molar-refractivity contribution is 7.98. The molecule has 2 N–H and O–H groups in total. The standard InChI is InChI=1S/C16H17NO2S/c1-11(18)12-6-5-7-13(10-12)17-16(19)14-8-3-4-9-15(14)20-2/h3-11,18H,1-2H3,(H,17,19)/t11-/m1/s1. The highest BCUT2D eigenvalue weighted by atomic mass is 32.2. The largest absolute Gasteiger partial charge is 0.389 e. The SMILES string of the molecule is CSc1ccccc1C(=O)Nc1cccc([C@@H](C)O)c1. The van der Waals surface area contributed by atoms with Crippen LogP contribution in [-0.2, 0) is 0 Å². The Morgan fingerprint density at radius 1 is 1.20 bits per heavy atom. The van der Waals surface area contributed by atoms with E-state index in [0.29, 0.717) is 11.3 Å². The van der Waals surface area contributed by atoms with Crippen LogP contribution in [0.3, 0.4) is 0 Å². The molecule has 4 heteroatoms. The van der Waals surface area contributed by atoms with Crippen molar-refractivity contribution in [1.82, 2.24) is 0 Å². The van der Waals surface area contributed by atoms with Gasteiger partial charge in [0, 0.05) is 10.6 Å². The van der Waals surface area contributed by atoms with Gasteiger partial charge in [-0.15, -0.1) is 11.8 Å². The Morgan fingerprint density at radius 3 is 2.65 bits per heavy atom. The first-order valence-electron chi connectivity index (χ1n) is 6.34. The number of thioether (sulfide) groups is 1. The number of anilines is 1. The van der Waals surface area contributed by atoms with E-state index in [9.17, 15) is 9.90 Å². The van der Waals surface area contributed by atoms with Crippen LogP contribution >= 0.6 is 11.8 Å². The molecule has 2 aromatic carbocycles. The number of hydrogen-bond donors (Lipinski definition) is 2. The van der Waals surface area contributed by atoms with Gasteiger partial charge in [0.1, 0.15) is 0 Å². The third-order valence-corrected chi connectivity index (χ3v) is 3.77. The van der Waals surface area contributed by atoms with E-state index >= 15 is 0 Å². The highest BCUT2D eigenvalue weighted by Crippen LogP contribution is 2.22. The predicted octanol–water partition coefficient (Wildman–Crippen LogP) is 3.71. The summed E-state index contributed by atoms with van der Waals surface area (Å²) in [4.78, 5) is 13.2. The second-order valence-corrected chi connectivity index (χ2v) is 5.30. The maximum atomic E-state index is 12.3. The third kappa shape index (κ3) is 3.40. The van der Waals surface area contributed by atoms with E-state index in [1.54, 1.807) is 30.8 Å². The van der Waals surface area contributed by atoms with E-state index in [4.69, 9.17) is 0 Å². The summed E-state index contributed by atoms with van der Waals surface area (Å²) in [5.74, 6) is -0.141. The summed E-state index contributed by atoms with van der Waals surface area (Å²) in [6.07, 6.45) is 1.39. The van der Waals surface area contributed by atoms with Gasteiger partial charge >= 0.3 is 0 Å². The van der Waals surface area contributed by atoms with Gasteiger partial charge in [0.05, 0.1) is 11.7 Å². The third-order valence-electron chi connectivity index (χ3n) is 2.98. The van der Waals surface area contributed by atoms with Gasteiger partial charge in [-0.1, -0.05) is 24.3 Å². The summed E-state index contributed by atoms with van der Waals surface area (Å²) in [6, 6.07) is 14.7. The molecule has 0 aliphatic carbocycles. The number of benzene rings is 2. The number of nitrogens with one attached hydrogen (secondary N) is 1. The molecule has 2 rings (SSSR count). The number of rotatable bonds is 4. The maximum Gasteiger partial charge on any atom is 0.256 e. The van der Waals surface area contributed by atoms with Gasteiger partial charge in [0.2, 0.25) is 0 Å². The quantitative estimate of drug-likeness (QED) is 0.843. The van der Waals surface area contributed by atoms with Gasteiger partial charge in [-0.25, -0.2) is 0 Å². The molecule has 3 nitrogen and oxygen atoms in total. The minimum absolute atomic E-state index is 0.141. The molecule has 0 aliphatic heterocycles. The molecule has 1 amide bonds. The Kier molecular flexibility index (Phi) is 4.82. The minimum Gasteiger partial charge on any atom is -0.389 e. The van der Waals surface area contributed by atoms with Crippen molar-refractivity contribution in [2.75, 3.05) is 11.6 Å². The molecule has 0 saturated heterocycles. The average Bonchev–Trinajstić information content (AvgIpc) is 2.47. The summed E-state index contributed by atoms with van der Waals surface area (Å²) in [5.41, 5.74) is 2.12. The van der Waals surface area contributed by atoms with Crippen LogP contribution in [0.25, 0.3) is 0 Å². The van der Waals surface area contributed by atoms with Crippen LogP contribution < -0.4 is 5.32 Å². The normalized spacial score (nSPS) is 11.9. The second kappa shape index (κ2) is 6.59. The first-order chi connectivity index (χ1) is 9.61. The lowest BCUT2D eigenvalue weighted by Crippen LogP contribution is -2.13. The molecule has 0 saturated carbocycles. The van der Waals surface area contributed by atoms with Crippen LogP contribution in [0.5, 0.6) is 0 Å². The summed E-state index contributed by atoms with van der Waals surface area (Å²) < 4.78 is 0. The van der Waals surface area contributed by atoms with E-state index in [0.717, 1.165) is 10.5 Å². The Morgan fingerprint density at radius 2 is 1.95 bits per heavy atom. The molecular formula is C16H17NO2S. The molecule has 20 heavy (non-hydrogen) atoms. The fraction of sp³-hybridized carbons (Fsp3) is 0.188. The summed E-state index contributed by atoms with van der Waals surface area (Å²) in [7, 11) is 0. The van der Waals surface area contributed by atoms with Crippen LogP contribution in [-0.4, -0.2) is 17.3 Å². The van der Waals surface area contributed by atoms with Gasteiger partial charge in [0.15, 0.2) is 0 Å². The number of hydrogen-bond acceptors (Lipinski definition) is 3. The van der Waals surface area contributed by atoms with Crippen molar-refractivity contribution in [2.45, 2.75) is 17.9 Å². The van der Waals surface area contributed by atoms with E-state index in [-0.39, 0.29) is 5.91 Å². The smallest absolute Gasteiger partial charge is 0.256 e. The molecule has 2 aromatic rings. The molecule has 1 atom stereocenters. The average molecular weight is 287 g/mol. The maximum absolute atomic E-state index is 12.3. The zero-order valence-corrected chi connectivity index (χ0v) is 12.3. The number of amides is 1. The lowest BCUT2D eigenvalue weighted by molar-refractivity contribution is 0.102. The molecule has 0 heterocycles. The number of aliphatic hydroxyl groups excluding tert-OH is 1. The van der Waals surface area contributed by atoms with Crippen molar-refractivity contribution >= 4 is 23.4 Å². The Labute approximate surface area is 123 Å². The van der Waals surface area contributed by atoms with Gasteiger partial charge in [0.25, 0.3) is 5.91 Å². The van der Waals surface area contributed by atoms with Crippen LogP contribution in [0.1, 0.15) is 28.9 Å². The first-order valence-corrected chi connectivity index (χ1v) is 7.56. The summed E-state index contributed by atoms with van der Waals surface area (Å²) in [5, 5.41) is 12.4. The lowest BCUT2D eigenvalue weighted by atomic mass is 10.1. The fourth-order valence-electron chi connectivity index (χ4n) is 1.91. The molecule has 0 unspecified atom stereocenters. The molecule has 0 radical (unpaired) electrons. The van der Waals surface area contributed by atoms with Gasteiger partial charge in [-0.05, 0) is 43.0 Å². The molecular weight excluding hydrogens is 270 g/mol. The van der Waals surface area contributed by atoms with E-state index in [1.807, 2.05) is 42.7 Å². The topological polar surface area (TPSA) is 49.3 Å². The van der Waals surface area contributed by atoms with Gasteiger partial charge in [-0.3, -0.25) is 4.79 Å². The second-order valence-electron chi connectivity index (χ2n) is 4.46. The van der Waals surface area contributed by atoms with Crippen LogP contribution in [0.4, 0.5) is 5.69 Å². The van der Waals surface area contributed by atoms with E-state index < -0.39 is 6.10 Å². The summed E-state index contributed by atoms with van der Waals surface area (Å²) >= 11 is 1.54. The lowest BCUT2D eigenvalue weighted by Gasteiger charge is -2.10. The van der Waals surface area contributed by atoms with Crippen molar-refractivity contribution < 1.29 is 9.90 Å². The van der Waals surface area contributed by atoms with Crippen molar-refractivity contribution in [3.8, 4) is 0 Å². The van der Waals surface area contributed by atoms with Crippen LogP contribution in [0.2, 0.25) is 0 Å². The number of carbonyl (C=O) groups is 1. The molecule has 0 aromatic heterocycles. The Hall–Kier alpha value is -1.78. The molecule has 0 fully saturated rings. The van der Waals surface area contributed by atoms with E-state index in [2.05, 4.69) is 5.32 Å². The Bertz CT molecular complexity index is 611. The number of aliphatic hydroxyl groups is 1. The van der Waals surface area contributed by atoms with Gasteiger partial charge < -0.3 is 10.4 Å². The molecule has 104 valence electrons. The minimum atomic E-state index is -0.551. The fourth-order valence-corrected chi connectivity index (χ4v) is 2.50. The highest BCUT2D eigenvalue weighted by Gasteiger charge is 2.11. The van der Waals surface area contributed by atoms with Crippen molar-refractivity contribution in [3.05, 3.63) is 59.7 Å². The van der Waals surface area contributed by atoms with Crippen molar-refractivity contribution in [2.24, 2.45) is 0 Å². The Balaban J connectivity index is 2.21. The molecule has 0 spiro atoms. The zero-order valence-electron chi connectivity index (χ0n) is 11.5. The molecule has 0 bridgehead atoms. The zero-order chi connectivity index (χ0) is 14.5. The van der Waals surface area contributed by atoms with E-state index in [1.165, 1.54) is 0 Å². The van der Waals surface area contributed by atoms with Crippen LogP contribution in [0, 0.1) is 0 Å². The number of carbonyl (C=O) groups excluding carboxylic acids is 1. The van der Waals surface area contributed by atoms with Crippen molar-refractivity contribution in [1.29, 1.82) is 0 Å². The van der Waals surface area contributed by atoms with Gasteiger partial charge in [-0.2, -0.15) is 0 Å². The molecule has 0 aliphatic rings. The van der Waals surface area contributed by atoms with Crippen LogP contribution in [0.15, 0.2) is 53.4 Å². The summed E-state index contributed by atoms with van der Waals surface area (Å²) in [6.45, 7) is 1.70. The van der Waals surface area contributed by atoms with Crippen molar-refractivity contribution in [3.63, 3.8) is 0 Å². The predicted molar refractivity (Wildman–Crippen MR) is 83.3 cm³/mol. The first kappa shape index (κ1) is 14.6.